The number of alkyl halides is 3. The zero-order chi connectivity index (χ0) is 16.6. The van der Waals surface area contributed by atoms with Crippen LogP contribution in [0.5, 0.6) is 0 Å². The quantitative estimate of drug-likeness (QED) is 0.758. The number of thiophene rings is 1. The maximum atomic E-state index is 13.0. The van der Waals surface area contributed by atoms with Crippen LogP contribution in [0.4, 0.5) is 18.9 Å². The highest BCUT2D eigenvalue weighted by Crippen LogP contribution is 2.43. The standard InChI is InChI=1S/C14H13F3N4OS/c1-19-9-4-2-3-7-8(5-14(15,16)17)12(23-11(7)9)13-20-10(6-18)22-21-13/h2-4,19H,5-6,18H2,1H3. The third-order valence-corrected chi connectivity index (χ3v) is 4.59. The summed E-state index contributed by atoms with van der Waals surface area (Å²) in [7, 11) is 1.72. The molecule has 0 fully saturated rings. The second kappa shape index (κ2) is 5.82. The van der Waals surface area contributed by atoms with Crippen LogP contribution in [0.3, 0.4) is 0 Å². The first-order valence-corrected chi connectivity index (χ1v) is 7.56. The summed E-state index contributed by atoms with van der Waals surface area (Å²) in [5, 5.41) is 7.28. The number of hydrogen-bond donors (Lipinski definition) is 2. The molecule has 0 atom stereocenters. The number of nitrogens with one attached hydrogen (secondary N) is 1. The molecule has 0 saturated carbocycles. The van der Waals surface area contributed by atoms with E-state index in [1.54, 1.807) is 19.2 Å². The highest BCUT2D eigenvalue weighted by atomic mass is 32.1. The molecule has 0 amide bonds. The minimum atomic E-state index is -4.33. The van der Waals surface area contributed by atoms with Gasteiger partial charge in [0.2, 0.25) is 11.7 Å². The van der Waals surface area contributed by atoms with E-state index in [1.807, 2.05) is 6.07 Å². The van der Waals surface area contributed by atoms with Gasteiger partial charge in [0.15, 0.2) is 0 Å². The van der Waals surface area contributed by atoms with Gasteiger partial charge in [0.1, 0.15) is 0 Å². The van der Waals surface area contributed by atoms with E-state index >= 15 is 0 Å². The number of halogens is 3. The molecule has 1 aromatic carbocycles. The lowest BCUT2D eigenvalue weighted by molar-refractivity contribution is -0.126. The molecule has 0 radical (unpaired) electrons. The predicted molar refractivity (Wildman–Crippen MR) is 82.3 cm³/mol. The summed E-state index contributed by atoms with van der Waals surface area (Å²) in [6.07, 6.45) is -5.39. The van der Waals surface area contributed by atoms with Gasteiger partial charge in [-0.2, -0.15) is 18.2 Å². The van der Waals surface area contributed by atoms with E-state index in [-0.39, 0.29) is 23.8 Å². The molecule has 3 rings (SSSR count). The van der Waals surface area contributed by atoms with Crippen LogP contribution in [0.1, 0.15) is 11.5 Å². The van der Waals surface area contributed by atoms with Crippen molar-refractivity contribution in [3.63, 3.8) is 0 Å². The fourth-order valence-corrected chi connectivity index (χ4v) is 3.62. The molecule has 2 aromatic heterocycles. The number of fused-ring (bicyclic) bond motifs is 1. The largest absolute Gasteiger partial charge is 0.393 e. The van der Waals surface area contributed by atoms with E-state index in [1.165, 1.54) is 11.3 Å². The number of nitrogens with zero attached hydrogens (tertiary/aromatic N) is 2. The first kappa shape index (κ1) is 15.8. The summed E-state index contributed by atoms with van der Waals surface area (Å²) in [4.78, 5) is 4.41. The summed E-state index contributed by atoms with van der Waals surface area (Å²) in [6, 6.07) is 5.19. The van der Waals surface area contributed by atoms with Crippen LogP contribution in [0.15, 0.2) is 22.7 Å². The fraction of sp³-hybridized carbons (Fsp3) is 0.286. The number of benzene rings is 1. The molecule has 5 nitrogen and oxygen atoms in total. The zero-order valence-electron chi connectivity index (χ0n) is 12.1. The number of aromatic nitrogens is 2. The molecule has 23 heavy (non-hydrogen) atoms. The van der Waals surface area contributed by atoms with Crippen molar-refractivity contribution in [1.82, 2.24) is 10.1 Å². The fourth-order valence-electron chi connectivity index (χ4n) is 2.35. The summed E-state index contributed by atoms with van der Waals surface area (Å²) in [6.45, 7) is 0.0360. The number of rotatable bonds is 4. The van der Waals surface area contributed by atoms with E-state index in [4.69, 9.17) is 10.3 Å². The van der Waals surface area contributed by atoms with Crippen molar-refractivity contribution in [2.75, 3.05) is 12.4 Å². The molecule has 122 valence electrons. The van der Waals surface area contributed by atoms with Crippen LogP contribution >= 0.6 is 11.3 Å². The molecule has 9 heteroatoms. The molecule has 0 saturated heterocycles. The summed E-state index contributed by atoms with van der Waals surface area (Å²) in [5.74, 6) is 0.317. The Balaban J connectivity index is 2.24. The van der Waals surface area contributed by atoms with Gasteiger partial charge in [-0.15, -0.1) is 11.3 Å². The molecule has 3 aromatic rings. The van der Waals surface area contributed by atoms with E-state index in [9.17, 15) is 13.2 Å². The smallest absolute Gasteiger partial charge is 0.387 e. The van der Waals surface area contributed by atoms with E-state index in [0.717, 1.165) is 10.4 Å². The van der Waals surface area contributed by atoms with Gasteiger partial charge in [0.25, 0.3) is 0 Å². The zero-order valence-corrected chi connectivity index (χ0v) is 12.9. The Labute approximate surface area is 133 Å². The van der Waals surface area contributed by atoms with Crippen molar-refractivity contribution < 1.29 is 17.7 Å². The van der Waals surface area contributed by atoms with Gasteiger partial charge in [-0.25, -0.2) is 0 Å². The minimum Gasteiger partial charge on any atom is -0.387 e. The van der Waals surface area contributed by atoms with Crippen molar-refractivity contribution in [3.8, 4) is 10.7 Å². The van der Waals surface area contributed by atoms with Crippen LogP contribution < -0.4 is 11.1 Å². The molecule has 2 heterocycles. The number of nitrogens with two attached hydrogens (primary N) is 1. The van der Waals surface area contributed by atoms with Crippen molar-refractivity contribution in [1.29, 1.82) is 0 Å². The second-order valence-corrected chi connectivity index (χ2v) is 5.87. The highest BCUT2D eigenvalue weighted by Gasteiger charge is 2.32. The Kier molecular flexibility index (Phi) is 3.99. The average molecular weight is 342 g/mol. The Bertz CT molecular complexity index is 840. The van der Waals surface area contributed by atoms with Crippen molar-refractivity contribution in [2.24, 2.45) is 5.73 Å². The van der Waals surface area contributed by atoms with Crippen molar-refractivity contribution in [2.45, 2.75) is 19.1 Å². The van der Waals surface area contributed by atoms with Crippen LogP contribution in [-0.2, 0) is 13.0 Å². The maximum absolute atomic E-state index is 13.0. The van der Waals surface area contributed by atoms with Gasteiger partial charge < -0.3 is 15.6 Å². The molecule has 0 bridgehead atoms. The van der Waals surface area contributed by atoms with Crippen molar-refractivity contribution >= 4 is 27.1 Å². The number of anilines is 1. The minimum absolute atomic E-state index is 0.0360. The van der Waals surface area contributed by atoms with Gasteiger partial charge in [0, 0.05) is 7.05 Å². The van der Waals surface area contributed by atoms with E-state index in [0.29, 0.717) is 10.3 Å². The normalized spacial score (nSPS) is 12.0. The molecule has 3 N–H and O–H groups in total. The molecule has 0 aliphatic rings. The Morgan fingerprint density at radius 3 is 2.74 bits per heavy atom. The van der Waals surface area contributed by atoms with Gasteiger partial charge >= 0.3 is 6.18 Å². The first-order chi connectivity index (χ1) is 10.9. The van der Waals surface area contributed by atoms with Crippen molar-refractivity contribution in [3.05, 3.63) is 29.7 Å². The molecule has 0 aliphatic carbocycles. The lowest BCUT2D eigenvalue weighted by atomic mass is 10.1. The Hall–Kier alpha value is -2.13. The highest BCUT2D eigenvalue weighted by molar-refractivity contribution is 7.23. The third-order valence-electron chi connectivity index (χ3n) is 3.31. The predicted octanol–water partition coefficient (Wildman–Crippen LogP) is 3.56. The van der Waals surface area contributed by atoms with E-state index in [2.05, 4.69) is 15.5 Å². The lowest BCUT2D eigenvalue weighted by Gasteiger charge is -2.07. The number of hydrogen-bond acceptors (Lipinski definition) is 6. The van der Waals surface area contributed by atoms with Crippen LogP contribution in [0.2, 0.25) is 0 Å². The first-order valence-electron chi connectivity index (χ1n) is 6.75. The maximum Gasteiger partial charge on any atom is 0.393 e. The van der Waals surface area contributed by atoms with Crippen LogP contribution in [0.25, 0.3) is 20.8 Å². The average Bonchev–Trinajstić information content (AvgIpc) is 3.10. The third kappa shape index (κ3) is 3.02. The molecular formula is C14H13F3N4OS. The Morgan fingerprint density at radius 1 is 1.35 bits per heavy atom. The summed E-state index contributed by atoms with van der Waals surface area (Å²) in [5.41, 5.74) is 6.33. The van der Waals surface area contributed by atoms with E-state index < -0.39 is 12.6 Å². The SMILES string of the molecule is CNc1cccc2c(CC(F)(F)F)c(-c3noc(CN)n3)sc12. The molecule has 0 spiro atoms. The monoisotopic (exact) mass is 342 g/mol. The van der Waals surface area contributed by atoms with Gasteiger partial charge in [-0.1, -0.05) is 17.3 Å². The van der Waals surface area contributed by atoms with Crippen LogP contribution in [-0.4, -0.2) is 23.4 Å². The summed E-state index contributed by atoms with van der Waals surface area (Å²) < 4.78 is 44.7. The molecule has 0 aliphatic heterocycles. The molecular weight excluding hydrogens is 329 g/mol. The van der Waals surface area contributed by atoms with Gasteiger partial charge in [-0.3, -0.25) is 0 Å². The van der Waals surface area contributed by atoms with Gasteiger partial charge in [0.05, 0.1) is 28.2 Å². The topological polar surface area (TPSA) is 77.0 Å². The second-order valence-electron chi connectivity index (χ2n) is 4.85. The Morgan fingerprint density at radius 2 is 2.13 bits per heavy atom. The summed E-state index contributed by atoms with van der Waals surface area (Å²) >= 11 is 1.20. The van der Waals surface area contributed by atoms with Crippen LogP contribution in [0, 0.1) is 0 Å². The lowest BCUT2D eigenvalue weighted by Crippen LogP contribution is -2.11. The molecule has 0 unspecified atom stereocenters. The van der Waals surface area contributed by atoms with Gasteiger partial charge in [-0.05, 0) is 17.0 Å².